The van der Waals surface area contributed by atoms with Gasteiger partial charge in [0.1, 0.15) is 11.3 Å². The molecule has 0 aliphatic heterocycles. The van der Waals surface area contributed by atoms with Gasteiger partial charge in [0.05, 0.1) is 18.1 Å². The van der Waals surface area contributed by atoms with Crippen LogP contribution in [0.15, 0.2) is 36.4 Å². The summed E-state index contributed by atoms with van der Waals surface area (Å²) in [7, 11) is 0. The first-order valence-corrected chi connectivity index (χ1v) is 11.8. The second-order valence-electron chi connectivity index (χ2n) is 8.32. The van der Waals surface area contributed by atoms with Crippen LogP contribution in [0.1, 0.15) is 68.8 Å². The minimum atomic E-state index is -0.753. The fourth-order valence-electron chi connectivity index (χ4n) is 4.24. The highest BCUT2D eigenvalue weighted by Crippen LogP contribution is 2.44. The number of rotatable bonds is 7. The molecule has 0 unspecified atom stereocenters. The Labute approximate surface area is 199 Å². The summed E-state index contributed by atoms with van der Waals surface area (Å²) in [6, 6.07) is 10.3. The van der Waals surface area contributed by atoms with Crippen molar-refractivity contribution in [1.82, 2.24) is 0 Å². The van der Waals surface area contributed by atoms with Crippen LogP contribution in [0, 0.1) is 0 Å². The summed E-state index contributed by atoms with van der Waals surface area (Å²) in [6.45, 7) is 5.75. The molecule has 1 aliphatic rings. The van der Waals surface area contributed by atoms with Gasteiger partial charge >= 0.3 is 5.97 Å². The number of ether oxygens (including phenoxy) is 2. The lowest BCUT2D eigenvalue weighted by molar-refractivity contribution is -0.122. The summed E-state index contributed by atoms with van der Waals surface area (Å²) >= 11 is 12.6. The fourth-order valence-corrected chi connectivity index (χ4v) is 4.82. The number of hydrogen-bond acceptors (Lipinski definition) is 4. The Bertz CT molecular complexity index is 984. The molecular formula is C25H29Cl2NO4. The van der Waals surface area contributed by atoms with Crippen molar-refractivity contribution in [1.29, 1.82) is 0 Å². The van der Waals surface area contributed by atoms with Crippen LogP contribution >= 0.6 is 23.2 Å². The van der Waals surface area contributed by atoms with E-state index in [1.165, 1.54) is 0 Å². The van der Waals surface area contributed by atoms with Crippen molar-refractivity contribution in [3.63, 3.8) is 0 Å². The van der Waals surface area contributed by atoms with E-state index in [1.54, 1.807) is 37.3 Å². The third-order valence-corrected chi connectivity index (χ3v) is 6.23. The van der Waals surface area contributed by atoms with Gasteiger partial charge in [0.25, 0.3) is 0 Å². The van der Waals surface area contributed by atoms with Crippen LogP contribution in [0.25, 0.3) is 0 Å². The van der Waals surface area contributed by atoms with Crippen LogP contribution in [-0.2, 0) is 14.9 Å². The van der Waals surface area contributed by atoms with Gasteiger partial charge < -0.3 is 14.8 Å². The number of hydrogen-bond donors (Lipinski definition) is 1. The highest BCUT2D eigenvalue weighted by Gasteiger charge is 2.42. The van der Waals surface area contributed by atoms with Crippen molar-refractivity contribution >= 4 is 40.8 Å². The SMILES string of the molecule is CCOC(=O)c1cc(NC(=O)C2(c3ccc(Cl)cc3Cl)CCCCC2)ccc1OC(C)C. The molecule has 172 valence electrons. The second kappa shape index (κ2) is 10.6. The van der Waals surface area contributed by atoms with Gasteiger partial charge in [-0.15, -0.1) is 0 Å². The zero-order valence-electron chi connectivity index (χ0n) is 18.7. The third-order valence-electron chi connectivity index (χ3n) is 5.68. The molecule has 5 nitrogen and oxygen atoms in total. The van der Waals surface area contributed by atoms with Crippen molar-refractivity contribution in [3.05, 3.63) is 57.6 Å². The normalized spacial score (nSPS) is 15.3. The number of carbonyl (C=O) groups excluding carboxylic acids is 2. The van der Waals surface area contributed by atoms with Gasteiger partial charge in [-0.1, -0.05) is 48.5 Å². The number of amides is 1. The molecule has 1 saturated carbocycles. The minimum Gasteiger partial charge on any atom is -0.490 e. The lowest BCUT2D eigenvalue weighted by Crippen LogP contribution is -2.42. The van der Waals surface area contributed by atoms with Crippen molar-refractivity contribution in [2.45, 2.75) is 64.4 Å². The molecule has 1 N–H and O–H groups in total. The van der Waals surface area contributed by atoms with Crippen LogP contribution in [0.5, 0.6) is 5.75 Å². The van der Waals surface area contributed by atoms with Gasteiger partial charge in [-0.2, -0.15) is 0 Å². The number of carbonyl (C=O) groups is 2. The molecule has 2 aromatic carbocycles. The summed E-state index contributed by atoms with van der Waals surface area (Å²) in [6.07, 6.45) is 4.22. The first-order valence-electron chi connectivity index (χ1n) is 11.0. The van der Waals surface area contributed by atoms with Crippen molar-refractivity contribution in [3.8, 4) is 5.75 Å². The van der Waals surface area contributed by atoms with E-state index in [0.717, 1.165) is 24.8 Å². The maximum absolute atomic E-state index is 13.6. The molecule has 2 aromatic rings. The monoisotopic (exact) mass is 477 g/mol. The van der Waals surface area contributed by atoms with Crippen LogP contribution in [0.2, 0.25) is 10.0 Å². The second-order valence-corrected chi connectivity index (χ2v) is 9.16. The van der Waals surface area contributed by atoms with Gasteiger partial charge in [-0.25, -0.2) is 4.79 Å². The average Bonchev–Trinajstić information content (AvgIpc) is 2.75. The lowest BCUT2D eigenvalue weighted by Gasteiger charge is -2.37. The quantitative estimate of drug-likeness (QED) is 0.445. The number of anilines is 1. The molecule has 1 fully saturated rings. The number of halogens is 2. The third kappa shape index (κ3) is 5.38. The van der Waals surface area contributed by atoms with Crippen LogP contribution in [-0.4, -0.2) is 24.6 Å². The first kappa shape index (κ1) is 24.4. The Balaban J connectivity index is 1.95. The summed E-state index contributed by atoms with van der Waals surface area (Å²) in [4.78, 5) is 26.1. The maximum atomic E-state index is 13.6. The van der Waals surface area contributed by atoms with E-state index in [1.807, 2.05) is 19.9 Å². The maximum Gasteiger partial charge on any atom is 0.341 e. The summed E-state index contributed by atoms with van der Waals surface area (Å²) in [5, 5.41) is 4.04. The van der Waals surface area contributed by atoms with Crippen molar-refractivity contribution < 1.29 is 19.1 Å². The van der Waals surface area contributed by atoms with Crippen LogP contribution < -0.4 is 10.1 Å². The minimum absolute atomic E-state index is 0.110. The van der Waals surface area contributed by atoms with E-state index in [9.17, 15) is 9.59 Å². The molecular weight excluding hydrogens is 449 g/mol. The highest BCUT2D eigenvalue weighted by molar-refractivity contribution is 6.35. The Morgan fingerprint density at radius 1 is 1.06 bits per heavy atom. The van der Waals surface area contributed by atoms with E-state index >= 15 is 0 Å². The Morgan fingerprint density at radius 2 is 1.78 bits per heavy atom. The molecule has 0 saturated heterocycles. The molecule has 3 rings (SSSR count). The highest BCUT2D eigenvalue weighted by atomic mass is 35.5. The first-order chi connectivity index (χ1) is 15.3. The summed E-state index contributed by atoms with van der Waals surface area (Å²) in [5.74, 6) is -0.217. The van der Waals surface area contributed by atoms with Gasteiger partial charge in [0.2, 0.25) is 5.91 Å². The predicted molar refractivity (Wildman–Crippen MR) is 128 cm³/mol. The summed E-state index contributed by atoms with van der Waals surface area (Å²) in [5.41, 5.74) is 0.813. The van der Waals surface area contributed by atoms with Gasteiger partial charge in [0, 0.05) is 15.7 Å². The largest absolute Gasteiger partial charge is 0.490 e. The lowest BCUT2D eigenvalue weighted by atomic mass is 9.68. The smallest absolute Gasteiger partial charge is 0.341 e. The van der Waals surface area contributed by atoms with Crippen molar-refractivity contribution in [2.24, 2.45) is 0 Å². The van der Waals surface area contributed by atoms with E-state index in [2.05, 4.69) is 5.32 Å². The van der Waals surface area contributed by atoms with Gasteiger partial charge in [-0.05, 0) is 69.5 Å². The predicted octanol–water partition coefficient (Wildman–Crippen LogP) is 6.80. The topological polar surface area (TPSA) is 64.6 Å². The molecule has 7 heteroatoms. The molecule has 0 radical (unpaired) electrons. The van der Waals surface area contributed by atoms with Crippen LogP contribution in [0.3, 0.4) is 0 Å². The van der Waals surface area contributed by atoms with E-state index in [0.29, 0.717) is 34.3 Å². The van der Waals surface area contributed by atoms with Gasteiger partial charge in [0.15, 0.2) is 0 Å². The standard InChI is InChI=1S/C25H29Cl2NO4/c1-4-31-23(29)19-15-18(9-11-22(19)32-16(2)3)28-24(30)25(12-6-5-7-13-25)20-10-8-17(26)14-21(20)27/h8-11,14-16H,4-7,12-13H2,1-3H3,(H,28,30). The van der Waals surface area contributed by atoms with Crippen molar-refractivity contribution in [2.75, 3.05) is 11.9 Å². The molecule has 1 amide bonds. The Kier molecular flexibility index (Phi) is 8.07. The number of esters is 1. The Hall–Kier alpha value is -2.24. The number of benzene rings is 2. The molecule has 0 spiro atoms. The molecule has 0 atom stereocenters. The Morgan fingerprint density at radius 3 is 2.41 bits per heavy atom. The molecule has 0 aromatic heterocycles. The van der Waals surface area contributed by atoms with E-state index < -0.39 is 11.4 Å². The van der Waals surface area contributed by atoms with E-state index in [-0.39, 0.29) is 24.2 Å². The average molecular weight is 478 g/mol. The van der Waals surface area contributed by atoms with Crippen LogP contribution in [0.4, 0.5) is 5.69 Å². The van der Waals surface area contributed by atoms with E-state index in [4.69, 9.17) is 32.7 Å². The zero-order valence-corrected chi connectivity index (χ0v) is 20.2. The van der Waals surface area contributed by atoms with Gasteiger partial charge in [-0.3, -0.25) is 4.79 Å². The molecule has 0 bridgehead atoms. The summed E-state index contributed by atoms with van der Waals surface area (Å²) < 4.78 is 10.9. The molecule has 1 aliphatic carbocycles. The number of nitrogens with one attached hydrogen (secondary N) is 1. The fraction of sp³-hybridized carbons (Fsp3) is 0.440. The molecule has 32 heavy (non-hydrogen) atoms. The molecule has 0 heterocycles. The zero-order chi connectivity index (χ0) is 23.3.